The van der Waals surface area contributed by atoms with E-state index in [1.54, 1.807) is 0 Å². The number of aliphatic hydroxyl groups excluding tert-OH is 2. The summed E-state index contributed by atoms with van der Waals surface area (Å²) in [5, 5.41) is 18.4. The molecule has 1 aromatic rings. The van der Waals surface area contributed by atoms with Crippen LogP contribution in [0.1, 0.15) is 12.6 Å². The van der Waals surface area contributed by atoms with Gasteiger partial charge in [-0.25, -0.2) is 9.78 Å². The molecule has 1 aliphatic heterocycles. The molecule has 88 valence electrons. The van der Waals surface area contributed by atoms with E-state index in [9.17, 15) is 9.90 Å². The van der Waals surface area contributed by atoms with Crippen molar-refractivity contribution >= 4 is 5.95 Å². The fourth-order valence-corrected chi connectivity index (χ4v) is 1.60. The van der Waals surface area contributed by atoms with Crippen molar-refractivity contribution in [2.75, 3.05) is 12.3 Å². The molecule has 8 nitrogen and oxygen atoms in total. The maximum absolute atomic E-state index is 11.4. The Morgan fingerprint density at radius 1 is 1.69 bits per heavy atom. The zero-order valence-electron chi connectivity index (χ0n) is 8.35. The highest BCUT2D eigenvalue weighted by Crippen LogP contribution is 2.26. The molecular formula is C8H12N4O4. The Kier molecular flexibility index (Phi) is 2.86. The zero-order chi connectivity index (χ0) is 11.7. The second-order valence-corrected chi connectivity index (χ2v) is 3.52. The first-order valence-corrected chi connectivity index (χ1v) is 4.77. The van der Waals surface area contributed by atoms with Gasteiger partial charge in [-0.3, -0.25) is 4.57 Å². The van der Waals surface area contributed by atoms with Gasteiger partial charge >= 0.3 is 5.69 Å². The standard InChI is InChI=1S/C8H12N4O4/c9-7-10-3-12(8(15)11-7)6-1-4(14)5(2-13)16-6/h3-6,13-14H,1-2H2,(H2,9,11,15)/t4-,5-,6+/m0/s1. The number of aromatic nitrogens is 3. The summed E-state index contributed by atoms with van der Waals surface area (Å²) in [6.45, 7) is -0.303. The van der Waals surface area contributed by atoms with E-state index in [1.165, 1.54) is 6.33 Å². The topological polar surface area (TPSA) is 123 Å². The van der Waals surface area contributed by atoms with Gasteiger partial charge in [-0.2, -0.15) is 4.98 Å². The predicted octanol–water partition coefficient (Wildman–Crippen LogP) is -2.14. The molecule has 0 saturated carbocycles. The molecule has 0 unspecified atom stereocenters. The van der Waals surface area contributed by atoms with Gasteiger partial charge in [-0.05, 0) is 0 Å². The summed E-state index contributed by atoms with van der Waals surface area (Å²) < 4.78 is 6.41. The summed E-state index contributed by atoms with van der Waals surface area (Å²) in [6.07, 6.45) is -0.741. The predicted molar refractivity (Wildman–Crippen MR) is 52.3 cm³/mol. The van der Waals surface area contributed by atoms with Gasteiger partial charge in [0.15, 0.2) is 0 Å². The Labute approximate surface area is 90.3 Å². The molecular weight excluding hydrogens is 216 g/mol. The minimum absolute atomic E-state index is 0.112. The molecule has 0 amide bonds. The highest BCUT2D eigenvalue weighted by Gasteiger charge is 2.35. The van der Waals surface area contributed by atoms with Gasteiger partial charge in [0, 0.05) is 6.42 Å². The van der Waals surface area contributed by atoms with Crippen molar-refractivity contribution in [3.8, 4) is 0 Å². The average molecular weight is 228 g/mol. The first kappa shape index (κ1) is 11.0. The van der Waals surface area contributed by atoms with Gasteiger partial charge in [0.25, 0.3) is 0 Å². The van der Waals surface area contributed by atoms with Crippen LogP contribution in [0.15, 0.2) is 11.1 Å². The number of anilines is 1. The molecule has 0 bridgehead atoms. The lowest BCUT2D eigenvalue weighted by atomic mass is 10.2. The highest BCUT2D eigenvalue weighted by molar-refractivity contribution is 5.09. The smallest absolute Gasteiger partial charge is 0.354 e. The molecule has 0 aromatic carbocycles. The van der Waals surface area contributed by atoms with Gasteiger partial charge < -0.3 is 20.7 Å². The quantitative estimate of drug-likeness (QED) is 0.527. The van der Waals surface area contributed by atoms with Crippen LogP contribution in [0, 0.1) is 0 Å². The minimum Gasteiger partial charge on any atom is -0.394 e. The van der Waals surface area contributed by atoms with E-state index in [4.69, 9.17) is 15.6 Å². The van der Waals surface area contributed by atoms with Crippen LogP contribution < -0.4 is 11.4 Å². The molecule has 1 aliphatic rings. The van der Waals surface area contributed by atoms with Crippen LogP contribution in [0.5, 0.6) is 0 Å². The number of hydrogen-bond acceptors (Lipinski definition) is 7. The number of aliphatic hydroxyl groups is 2. The fourth-order valence-electron chi connectivity index (χ4n) is 1.60. The normalized spacial score (nSPS) is 29.5. The van der Waals surface area contributed by atoms with Crippen LogP contribution in [-0.2, 0) is 4.74 Å². The molecule has 2 heterocycles. The first-order chi connectivity index (χ1) is 7.61. The van der Waals surface area contributed by atoms with E-state index in [1.807, 2.05) is 0 Å². The van der Waals surface area contributed by atoms with E-state index in [0.717, 1.165) is 4.57 Å². The maximum Gasteiger partial charge on any atom is 0.354 e. The summed E-state index contributed by atoms with van der Waals surface area (Å²) in [5.74, 6) is -0.112. The monoisotopic (exact) mass is 228 g/mol. The summed E-state index contributed by atoms with van der Waals surface area (Å²) in [7, 11) is 0. The summed E-state index contributed by atoms with van der Waals surface area (Å²) in [6, 6.07) is 0. The van der Waals surface area contributed by atoms with Crippen LogP contribution in [-0.4, -0.2) is 43.6 Å². The van der Waals surface area contributed by atoms with Gasteiger partial charge in [-0.1, -0.05) is 0 Å². The SMILES string of the molecule is Nc1ncn([C@H]2C[C@H](O)[C@H](CO)O2)c(=O)n1. The largest absolute Gasteiger partial charge is 0.394 e. The third kappa shape index (κ3) is 1.90. The van der Waals surface area contributed by atoms with Crippen LogP contribution >= 0.6 is 0 Å². The van der Waals surface area contributed by atoms with E-state index in [0.29, 0.717) is 0 Å². The van der Waals surface area contributed by atoms with E-state index in [-0.39, 0.29) is 19.0 Å². The average Bonchev–Trinajstić information content (AvgIpc) is 2.59. The minimum atomic E-state index is -0.806. The van der Waals surface area contributed by atoms with Crippen molar-refractivity contribution in [3.63, 3.8) is 0 Å². The Morgan fingerprint density at radius 3 is 3.00 bits per heavy atom. The number of rotatable bonds is 2. The second-order valence-electron chi connectivity index (χ2n) is 3.52. The lowest BCUT2D eigenvalue weighted by molar-refractivity contribution is -0.0462. The van der Waals surface area contributed by atoms with Gasteiger partial charge in [0.2, 0.25) is 5.95 Å². The number of nitrogens with two attached hydrogens (primary N) is 1. The number of nitrogen functional groups attached to an aromatic ring is 1. The van der Waals surface area contributed by atoms with Crippen LogP contribution in [0.4, 0.5) is 5.95 Å². The van der Waals surface area contributed by atoms with E-state index < -0.39 is 24.1 Å². The summed E-state index contributed by atoms with van der Waals surface area (Å²) in [5.41, 5.74) is 4.65. The van der Waals surface area contributed by atoms with Crippen LogP contribution in [0.25, 0.3) is 0 Å². The molecule has 0 radical (unpaired) electrons. The second kappa shape index (κ2) is 4.16. The van der Waals surface area contributed by atoms with Crippen molar-refractivity contribution < 1.29 is 14.9 Å². The number of nitrogens with zero attached hydrogens (tertiary/aromatic N) is 3. The molecule has 1 aromatic heterocycles. The fraction of sp³-hybridized carbons (Fsp3) is 0.625. The molecule has 3 atom stereocenters. The maximum atomic E-state index is 11.4. The van der Waals surface area contributed by atoms with Crippen molar-refractivity contribution in [2.45, 2.75) is 24.9 Å². The third-order valence-electron chi connectivity index (χ3n) is 2.44. The Morgan fingerprint density at radius 2 is 2.44 bits per heavy atom. The molecule has 16 heavy (non-hydrogen) atoms. The number of ether oxygens (including phenoxy) is 1. The number of hydrogen-bond donors (Lipinski definition) is 3. The van der Waals surface area contributed by atoms with Crippen LogP contribution in [0.3, 0.4) is 0 Å². The lowest BCUT2D eigenvalue weighted by Gasteiger charge is -2.13. The first-order valence-electron chi connectivity index (χ1n) is 4.77. The van der Waals surface area contributed by atoms with Crippen molar-refractivity contribution in [1.29, 1.82) is 0 Å². The molecule has 0 spiro atoms. The molecule has 0 aliphatic carbocycles. The Bertz CT molecular complexity index is 434. The molecule has 1 saturated heterocycles. The van der Waals surface area contributed by atoms with E-state index in [2.05, 4.69) is 9.97 Å². The van der Waals surface area contributed by atoms with Gasteiger partial charge in [-0.15, -0.1) is 0 Å². The summed E-state index contributed by atoms with van der Waals surface area (Å²) in [4.78, 5) is 18.5. The van der Waals surface area contributed by atoms with Crippen molar-refractivity contribution in [1.82, 2.24) is 14.5 Å². The van der Waals surface area contributed by atoms with Crippen LogP contribution in [0.2, 0.25) is 0 Å². The van der Waals surface area contributed by atoms with Crippen molar-refractivity contribution in [2.24, 2.45) is 0 Å². The molecule has 1 fully saturated rings. The highest BCUT2D eigenvalue weighted by atomic mass is 16.5. The molecule has 8 heteroatoms. The van der Waals surface area contributed by atoms with Gasteiger partial charge in [0.1, 0.15) is 18.7 Å². The lowest BCUT2D eigenvalue weighted by Crippen LogP contribution is -2.28. The Hall–Kier alpha value is -1.51. The van der Waals surface area contributed by atoms with Gasteiger partial charge in [0.05, 0.1) is 12.7 Å². The third-order valence-corrected chi connectivity index (χ3v) is 2.44. The van der Waals surface area contributed by atoms with Crippen molar-refractivity contribution in [3.05, 3.63) is 16.8 Å². The summed E-state index contributed by atoms with van der Waals surface area (Å²) >= 11 is 0. The molecule has 2 rings (SSSR count). The van der Waals surface area contributed by atoms with E-state index >= 15 is 0 Å². The zero-order valence-corrected chi connectivity index (χ0v) is 8.35. The molecule has 4 N–H and O–H groups in total. The Balaban J connectivity index is 2.23.